The minimum absolute atomic E-state index is 0.0425. The van der Waals surface area contributed by atoms with Crippen LogP contribution in [0.25, 0.3) is 0 Å². The maximum Gasteiger partial charge on any atom is 0.306 e. The van der Waals surface area contributed by atoms with Gasteiger partial charge in [-0.3, -0.25) is 14.2 Å². The zero-order valence-electron chi connectivity index (χ0n) is 57.8. The number of hydrogen-bond acceptors (Lipinski definition) is 8. The normalized spacial score (nSPS) is 14.2. The fraction of sp³-hybridized carbons (Fsp3) is 0.600. The molecule has 0 rings (SSSR count). The lowest BCUT2D eigenvalue weighted by Gasteiger charge is -2.28. The molecule has 0 N–H and O–H groups in total. The predicted molar refractivity (Wildman–Crippen MR) is 387 cm³/mol. The van der Waals surface area contributed by atoms with Gasteiger partial charge in [-0.1, -0.05) is 292 Å². The van der Waals surface area contributed by atoms with Gasteiger partial charge < -0.3 is 27.9 Å². The number of phosphoric ester groups is 1. The van der Waals surface area contributed by atoms with Crippen molar-refractivity contribution in [2.24, 2.45) is 0 Å². The van der Waals surface area contributed by atoms with Crippen LogP contribution in [0.1, 0.15) is 258 Å². The van der Waals surface area contributed by atoms with E-state index in [1.54, 1.807) is 0 Å². The molecule has 0 radical (unpaired) electrons. The Morgan fingerprint density at radius 1 is 0.344 bits per heavy atom. The Hall–Kier alpha value is -4.89. The topological polar surface area (TPSA) is 111 Å². The van der Waals surface area contributed by atoms with Crippen LogP contribution in [0.4, 0.5) is 0 Å². The highest BCUT2D eigenvalue weighted by Gasteiger charge is 2.22. The van der Waals surface area contributed by atoms with Gasteiger partial charge in [-0.2, -0.15) is 0 Å². The van der Waals surface area contributed by atoms with Crippen molar-refractivity contribution < 1.29 is 42.1 Å². The fourth-order valence-corrected chi connectivity index (χ4v) is 9.79. The molecule has 0 aliphatic carbocycles. The van der Waals surface area contributed by atoms with Crippen LogP contribution in [0.3, 0.4) is 0 Å². The van der Waals surface area contributed by atoms with Gasteiger partial charge in [0, 0.05) is 12.8 Å². The molecule has 0 aromatic carbocycles. The van der Waals surface area contributed by atoms with E-state index in [-0.39, 0.29) is 26.1 Å². The summed E-state index contributed by atoms with van der Waals surface area (Å²) in [6, 6.07) is 0. The molecule has 0 spiro atoms. The summed E-state index contributed by atoms with van der Waals surface area (Å²) in [5.74, 6) is -0.858. The molecule has 90 heavy (non-hydrogen) atoms. The molecule has 0 aliphatic rings. The quantitative estimate of drug-likeness (QED) is 0.0195. The first kappa shape index (κ1) is 85.1. The van der Waals surface area contributed by atoms with Gasteiger partial charge in [0.15, 0.2) is 6.10 Å². The number of allylic oxidation sites excluding steroid dienone is 30. The standard InChI is InChI=1S/C80H130NO8P/c1-6-8-10-12-14-16-18-20-22-24-26-28-30-32-34-36-37-38-39-40-41-42-43-45-47-49-51-53-55-57-59-61-63-65-67-69-71-73-80(83)89-78(77-88-90(84,85)87-75-74-81(3,4)5)76-86-79(82)72-70-68-66-64-62-60-58-56-54-52-50-48-46-44-35-33-31-29-27-25-23-21-19-17-15-13-11-9-7-2/h8-11,14-17,20-23,26-29,32-35,37-38,40-41,43,45-46,48,52,54,78H,6-7,12-13,18-19,24-25,30-31,36,39,42,44,47,49-51,53,55-77H2,1-5H3/b10-8-,11-9-,16-14-,17-15-,22-20-,23-21-,28-26-,29-27-,34-32-,35-33-,38-37-,41-40-,45-43-,48-46-,54-52-. The van der Waals surface area contributed by atoms with Gasteiger partial charge in [0.2, 0.25) is 0 Å². The van der Waals surface area contributed by atoms with Crippen molar-refractivity contribution in [1.82, 2.24) is 0 Å². The number of likely N-dealkylation sites (N-methyl/N-ethyl adjacent to an activating group) is 1. The first-order chi connectivity index (χ1) is 44.0. The van der Waals surface area contributed by atoms with Crippen molar-refractivity contribution in [2.45, 2.75) is 264 Å². The number of phosphoric acid groups is 1. The van der Waals surface area contributed by atoms with Crippen LogP contribution in [-0.2, 0) is 32.7 Å². The van der Waals surface area contributed by atoms with Gasteiger partial charge >= 0.3 is 11.9 Å². The van der Waals surface area contributed by atoms with Crippen molar-refractivity contribution in [3.05, 3.63) is 182 Å². The first-order valence-corrected chi connectivity index (χ1v) is 37.0. The molecule has 0 fully saturated rings. The van der Waals surface area contributed by atoms with Gasteiger partial charge in [-0.15, -0.1) is 0 Å². The lowest BCUT2D eigenvalue weighted by Crippen LogP contribution is -2.37. The maximum atomic E-state index is 12.9. The molecule has 0 amide bonds. The summed E-state index contributed by atoms with van der Waals surface area (Å²) < 4.78 is 34.3. The molecule has 0 bridgehead atoms. The zero-order chi connectivity index (χ0) is 65.5. The second kappa shape index (κ2) is 68.5. The Kier molecular flexibility index (Phi) is 64.8. The van der Waals surface area contributed by atoms with Crippen molar-refractivity contribution in [3.63, 3.8) is 0 Å². The number of nitrogens with zero attached hydrogens (tertiary/aromatic N) is 1. The Labute approximate surface area is 552 Å². The Balaban J connectivity index is 4.14. The van der Waals surface area contributed by atoms with E-state index in [0.717, 1.165) is 148 Å². The van der Waals surface area contributed by atoms with E-state index in [2.05, 4.69) is 196 Å². The van der Waals surface area contributed by atoms with Crippen molar-refractivity contribution in [3.8, 4) is 0 Å². The SMILES string of the molecule is CC/C=C\C/C=C\C/C=C\C/C=C\C/C=C\C/C=C\C/C=C\C/C=C\CCCCCCCCCCCCCCC(=O)OC(COC(=O)CCCCCCCCC/C=C\C/C=C\C/C=C\C/C=C\C/C=C\C/C=C\C/C=C\CC)COP(=O)([O-])OCC[N+](C)(C)C. The van der Waals surface area contributed by atoms with Crippen LogP contribution in [0.15, 0.2) is 182 Å². The monoisotopic (exact) mass is 1260 g/mol. The molecule has 0 aliphatic heterocycles. The molecule has 0 heterocycles. The molecule has 10 heteroatoms. The summed E-state index contributed by atoms with van der Waals surface area (Å²) in [6.07, 6.45) is 105. The summed E-state index contributed by atoms with van der Waals surface area (Å²) in [4.78, 5) is 38.1. The van der Waals surface area contributed by atoms with Crippen molar-refractivity contribution in [2.75, 3.05) is 47.5 Å². The van der Waals surface area contributed by atoms with Gasteiger partial charge in [-0.25, -0.2) is 0 Å². The van der Waals surface area contributed by atoms with E-state index in [9.17, 15) is 19.0 Å². The lowest BCUT2D eigenvalue weighted by atomic mass is 10.0. The third kappa shape index (κ3) is 72.2. The molecular formula is C80H130NO8P. The molecule has 0 aromatic rings. The number of carbonyl (C=O) groups is 2. The molecule has 0 saturated carbocycles. The smallest absolute Gasteiger partial charge is 0.306 e. The number of carbonyl (C=O) groups excluding carboxylic acids is 2. The van der Waals surface area contributed by atoms with Crippen LogP contribution < -0.4 is 4.89 Å². The Bertz CT molecular complexity index is 2170. The molecule has 508 valence electrons. The third-order valence-corrected chi connectivity index (χ3v) is 15.4. The third-order valence-electron chi connectivity index (χ3n) is 14.4. The fourth-order valence-electron chi connectivity index (χ4n) is 9.06. The van der Waals surface area contributed by atoms with E-state index in [1.165, 1.54) is 70.6 Å². The van der Waals surface area contributed by atoms with E-state index >= 15 is 0 Å². The first-order valence-electron chi connectivity index (χ1n) is 35.5. The number of unbranched alkanes of at least 4 members (excludes halogenated alkanes) is 19. The average molecular weight is 1260 g/mol. The highest BCUT2D eigenvalue weighted by atomic mass is 31.2. The van der Waals surface area contributed by atoms with Crippen molar-refractivity contribution in [1.29, 1.82) is 0 Å². The molecule has 9 nitrogen and oxygen atoms in total. The highest BCUT2D eigenvalue weighted by molar-refractivity contribution is 7.45. The second-order valence-electron chi connectivity index (χ2n) is 24.1. The molecule has 2 atom stereocenters. The number of ether oxygens (including phenoxy) is 2. The van der Waals surface area contributed by atoms with Crippen LogP contribution in [-0.4, -0.2) is 70.0 Å². The summed E-state index contributed by atoms with van der Waals surface area (Å²) in [7, 11) is 1.14. The van der Waals surface area contributed by atoms with Crippen LogP contribution in [0, 0.1) is 0 Å². The largest absolute Gasteiger partial charge is 0.756 e. The molecule has 0 aromatic heterocycles. The van der Waals surface area contributed by atoms with Gasteiger partial charge in [-0.05, 0) is 135 Å². The Morgan fingerprint density at radius 2 is 0.600 bits per heavy atom. The van der Waals surface area contributed by atoms with E-state index in [1.807, 2.05) is 21.1 Å². The number of rotatable bonds is 63. The predicted octanol–water partition coefficient (Wildman–Crippen LogP) is 22.9. The zero-order valence-corrected chi connectivity index (χ0v) is 58.7. The van der Waals surface area contributed by atoms with E-state index in [0.29, 0.717) is 23.9 Å². The second-order valence-corrected chi connectivity index (χ2v) is 25.5. The number of quaternary nitrogens is 1. The maximum absolute atomic E-state index is 12.9. The summed E-state index contributed by atoms with van der Waals surface area (Å²) >= 11 is 0. The minimum atomic E-state index is -4.66. The number of esters is 2. The minimum Gasteiger partial charge on any atom is -0.756 e. The van der Waals surface area contributed by atoms with E-state index in [4.69, 9.17) is 18.5 Å². The molecular weight excluding hydrogens is 1130 g/mol. The average Bonchev–Trinajstić information content (AvgIpc) is 3.58. The van der Waals surface area contributed by atoms with Gasteiger partial charge in [0.05, 0.1) is 27.7 Å². The molecule has 2 unspecified atom stereocenters. The lowest BCUT2D eigenvalue weighted by molar-refractivity contribution is -0.870. The summed E-state index contributed by atoms with van der Waals surface area (Å²) in [5, 5.41) is 0. The van der Waals surface area contributed by atoms with Crippen molar-refractivity contribution >= 4 is 19.8 Å². The van der Waals surface area contributed by atoms with Gasteiger partial charge in [0.1, 0.15) is 19.8 Å². The van der Waals surface area contributed by atoms with Crippen LogP contribution in [0.2, 0.25) is 0 Å². The highest BCUT2D eigenvalue weighted by Crippen LogP contribution is 2.38. The molecule has 0 saturated heterocycles. The van der Waals surface area contributed by atoms with Gasteiger partial charge in [0.25, 0.3) is 7.82 Å². The Morgan fingerprint density at radius 3 is 0.889 bits per heavy atom. The van der Waals surface area contributed by atoms with Crippen LogP contribution in [0.5, 0.6) is 0 Å². The van der Waals surface area contributed by atoms with E-state index < -0.39 is 32.5 Å². The summed E-state index contributed by atoms with van der Waals surface area (Å²) in [6.45, 7) is 3.98. The van der Waals surface area contributed by atoms with Crippen LogP contribution >= 0.6 is 7.82 Å². The number of hydrogen-bond donors (Lipinski definition) is 0. The summed E-state index contributed by atoms with van der Waals surface area (Å²) in [5.41, 5.74) is 0.